The minimum atomic E-state index is -0.280. The second-order valence-electron chi connectivity index (χ2n) is 6.79. The Morgan fingerprint density at radius 3 is 2.58 bits per heavy atom. The number of benzene rings is 1. The molecule has 138 valence electrons. The molecule has 1 fully saturated rings. The molecule has 1 saturated heterocycles. The van der Waals surface area contributed by atoms with Crippen molar-refractivity contribution in [2.45, 2.75) is 19.9 Å². The van der Waals surface area contributed by atoms with Gasteiger partial charge in [0.15, 0.2) is 0 Å². The smallest absolute Gasteiger partial charge is 0.255 e. The molecule has 0 bridgehead atoms. The summed E-state index contributed by atoms with van der Waals surface area (Å²) in [5.41, 5.74) is 1.59. The Labute approximate surface area is 153 Å². The van der Waals surface area contributed by atoms with Crippen LogP contribution in [0.1, 0.15) is 33.5 Å². The van der Waals surface area contributed by atoms with Crippen molar-refractivity contribution in [1.29, 1.82) is 0 Å². The highest BCUT2D eigenvalue weighted by molar-refractivity contribution is 5.97. The van der Waals surface area contributed by atoms with Crippen molar-refractivity contribution in [3.8, 4) is 0 Å². The highest BCUT2D eigenvalue weighted by atomic mass is 16.3. The van der Waals surface area contributed by atoms with Gasteiger partial charge in [0.05, 0.1) is 18.2 Å². The zero-order chi connectivity index (χ0) is 18.7. The van der Waals surface area contributed by atoms with Crippen LogP contribution in [-0.2, 0) is 4.79 Å². The van der Waals surface area contributed by atoms with E-state index in [1.807, 2.05) is 35.2 Å². The molecule has 0 saturated carbocycles. The number of likely N-dealkylation sites (N-methyl/N-ethyl adjacent to an activating group) is 1. The van der Waals surface area contributed by atoms with Crippen LogP contribution in [0.5, 0.6) is 0 Å². The van der Waals surface area contributed by atoms with E-state index < -0.39 is 0 Å². The van der Waals surface area contributed by atoms with E-state index in [1.54, 1.807) is 19.9 Å². The van der Waals surface area contributed by atoms with Gasteiger partial charge in [0, 0.05) is 19.6 Å². The molecular formula is C20H25N3O3. The number of hydrogen-bond donors (Lipinski definition) is 1. The summed E-state index contributed by atoms with van der Waals surface area (Å²) < 4.78 is 5.38. The van der Waals surface area contributed by atoms with Gasteiger partial charge in [-0.2, -0.15) is 0 Å². The van der Waals surface area contributed by atoms with Crippen LogP contribution in [0.25, 0.3) is 0 Å². The number of aryl methyl sites for hydroxylation is 2. The minimum Gasteiger partial charge on any atom is -0.466 e. The minimum absolute atomic E-state index is 0.00254. The number of carbonyl (C=O) groups excluding carboxylic acids is 2. The van der Waals surface area contributed by atoms with Gasteiger partial charge in [-0.1, -0.05) is 30.3 Å². The molecule has 1 aliphatic rings. The second kappa shape index (κ2) is 7.74. The van der Waals surface area contributed by atoms with Crippen LogP contribution in [0.15, 0.2) is 40.8 Å². The maximum Gasteiger partial charge on any atom is 0.255 e. The number of rotatable bonds is 4. The van der Waals surface area contributed by atoms with Crippen LogP contribution in [0.4, 0.5) is 0 Å². The Balaban J connectivity index is 1.67. The van der Waals surface area contributed by atoms with E-state index in [9.17, 15) is 9.59 Å². The SMILES string of the molecule is Cc1cc(C(=O)NCC(=O)N2CCN(C)C[C@@H]2c2ccccc2)c(C)o1. The molecule has 0 aliphatic carbocycles. The van der Waals surface area contributed by atoms with Crippen LogP contribution in [0.2, 0.25) is 0 Å². The van der Waals surface area contributed by atoms with E-state index in [1.165, 1.54) is 0 Å². The Hall–Kier alpha value is -2.60. The summed E-state index contributed by atoms with van der Waals surface area (Å²) in [6, 6.07) is 11.7. The molecule has 2 aromatic rings. The maximum absolute atomic E-state index is 12.8. The monoisotopic (exact) mass is 355 g/mol. The van der Waals surface area contributed by atoms with Crippen molar-refractivity contribution < 1.29 is 14.0 Å². The summed E-state index contributed by atoms with van der Waals surface area (Å²) in [5.74, 6) is 0.896. The van der Waals surface area contributed by atoms with Crippen LogP contribution in [0, 0.1) is 13.8 Å². The lowest BCUT2D eigenvalue weighted by atomic mass is 10.0. The van der Waals surface area contributed by atoms with Gasteiger partial charge in [-0.25, -0.2) is 0 Å². The molecule has 0 spiro atoms. The number of piperazine rings is 1. The predicted octanol–water partition coefficient (Wildman–Crippen LogP) is 2.14. The fourth-order valence-electron chi connectivity index (χ4n) is 3.39. The van der Waals surface area contributed by atoms with Crippen molar-refractivity contribution in [2.24, 2.45) is 0 Å². The highest BCUT2D eigenvalue weighted by Crippen LogP contribution is 2.24. The number of nitrogens with zero attached hydrogens (tertiary/aromatic N) is 2. The van der Waals surface area contributed by atoms with Gasteiger partial charge in [-0.15, -0.1) is 0 Å². The van der Waals surface area contributed by atoms with E-state index in [0.29, 0.717) is 23.6 Å². The van der Waals surface area contributed by atoms with Crippen LogP contribution < -0.4 is 5.32 Å². The fourth-order valence-corrected chi connectivity index (χ4v) is 3.39. The van der Waals surface area contributed by atoms with Gasteiger partial charge in [0.1, 0.15) is 11.5 Å². The quantitative estimate of drug-likeness (QED) is 0.913. The van der Waals surface area contributed by atoms with Crippen molar-refractivity contribution in [3.63, 3.8) is 0 Å². The molecule has 1 N–H and O–H groups in total. The third-order valence-corrected chi connectivity index (χ3v) is 4.77. The average molecular weight is 355 g/mol. The van der Waals surface area contributed by atoms with Gasteiger partial charge in [-0.3, -0.25) is 9.59 Å². The third kappa shape index (κ3) is 3.96. The summed E-state index contributed by atoms with van der Waals surface area (Å²) in [7, 11) is 2.06. The average Bonchev–Trinajstić information content (AvgIpc) is 2.98. The lowest BCUT2D eigenvalue weighted by molar-refractivity contribution is -0.135. The standard InChI is InChI=1S/C20H25N3O3/c1-14-11-17(15(2)26-14)20(25)21-12-19(24)23-10-9-22(3)13-18(23)16-7-5-4-6-8-16/h4-8,11,18H,9-10,12-13H2,1-3H3,(H,21,25)/t18-/m1/s1. The Kier molecular flexibility index (Phi) is 5.42. The molecular weight excluding hydrogens is 330 g/mol. The van der Waals surface area contributed by atoms with E-state index in [2.05, 4.69) is 17.3 Å². The molecule has 6 heteroatoms. The first-order chi connectivity index (χ1) is 12.5. The zero-order valence-corrected chi connectivity index (χ0v) is 15.5. The van der Waals surface area contributed by atoms with Crippen molar-refractivity contribution >= 4 is 11.8 Å². The van der Waals surface area contributed by atoms with E-state index in [4.69, 9.17) is 4.42 Å². The molecule has 0 radical (unpaired) electrons. The van der Waals surface area contributed by atoms with E-state index >= 15 is 0 Å². The summed E-state index contributed by atoms with van der Waals surface area (Å²) >= 11 is 0. The molecule has 0 unspecified atom stereocenters. The van der Waals surface area contributed by atoms with Crippen LogP contribution >= 0.6 is 0 Å². The second-order valence-corrected chi connectivity index (χ2v) is 6.79. The van der Waals surface area contributed by atoms with E-state index in [-0.39, 0.29) is 24.4 Å². The summed E-state index contributed by atoms with van der Waals surface area (Å²) in [5, 5.41) is 2.73. The Morgan fingerprint density at radius 1 is 1.19 bits per heavy atom. The van der Waals surface area contributed by atoms with Crippen LogP contribution in [0.3, 0.4) is 0 Å². The lowest BCUT2D eigenvalue weighted by Crippen LogP contribution is -2.51. The Bertz CT molecular complexity index is 785. The van der Waals surface area contributed by atoms with Crippen molar-refractivity contribution in [3.05, 3.63) is 59.0 Å². The molecule has 1 atom stereocenters. The molecule has 1 aromatic heterocycles. The van der Waals surface area contributed by atoms with Gasteiger partial charge in [-0.05, 0) is 32.5 Å². The van der Waals surface area contributed by atoms with Gasteiger partial charge in [0.25, 0.3) is 5.91 Å². The first kappa shape index (κ1) is 18.2. The number of carbonyl (C=O) groups is 2. The van der Waals surface area contributed by atoms with Crippen LogP contribution in [-0.4, -0.2) is 54.8 Å². The zero-order valence-electron chi connectivity index (χ0n) is 15.5. The lowest BCUT2D eigenvalue weighted by Gasteiger charge is -2.40. The molecule has 1 aliphatic heterocycles. The molecule has 2 heterocycles. The largest absolute Gasteiger partial charge is 0.466 e. The first-order valence-corrected chi connectivity index (χ1v) is 8.84. The summed E-state index contributed by atoms with van der Waals surface area (Å²) in [4.78, 5) is 29.2. The number of amides is 2. The van der Waals surface area contributed by atoms with Crippen molar-refractivity contribution in [2.75, 3.05) is 33.2 Å². The molecule has 3 rings (SSSR count). The fraction of sp³-hybridized carbons (Fsp3) is 0.400. The maximum atomic E-state index is 12.8. The highest BCUT2D eigenvalue weighted by Gasteiger charge is 2.30. The third-order valence-electron chi connectivity index (χ3n) is 4.77. The Morgan fingerprint density at radius 2 is 1.92 bits per heavy atom. The number of nitrogens with one attached hydrogen (secondary N) is 1. The van der Waals surface area contributed by atoms with E-state index in [0.717, 1.165) is 18.7 Å². The first-order valence-electron chi connectivity index (χ1n) is 8.84. The number of hydrogen-bond acceptors (Lipinski definition) is 4. The number of furan rings is 1. The molecule has 1 aromatic carbocycles. The molecule has 2 amide bonds. The molecule has 26 heavy (non-hydrogen) atoms. The van der Waals surface area contributed by atoms with Crippen molar-refractivity contribution in [1.82, 2.24) is 15.1 Å². The topological polar surface area (TPSA) is 65.8 Å². The van der Waals surface area contributed by atoms with Gasteiger partial charge < -0.3 is 19.5 Å². The molecule has 6 nitrogen and oxygen atoms in total. The van der Waals surface area contributed by atoms with Gasteiger partial charge in [0.2, 0.25) is 5.91 Å². The predicted molar refractivity (Wildman–Crippen MR) is 98.9 cm³/mol. The normalized spacial score (nSPS) is 18.0. The van der Waals surface area contributed by atoms with Gasteiger partial charge >= 0.3 is 0 Å². The summed E-state index contributed by atoms with van der Waals surface area (Å²) in [6.45, 7) is 5.77. The summed E-state index contributed by atoms with van der Waals surface area (Å²) in [6.07, 6.45) is 0.